The molecule has 182 valence electrons. The SMILES string of the molecule is CNC(=O)[C@](CSc1cccc(C)c1)(Cc1ccc(NO)cc1CC(C)C)N1C(=O)CCC1=O. The first-order valence-corrected chi connectivity index (χ1v) is 12.5. The molecule has 0 aromatic heterocycles. The van der Waals surface area contributed by atoms with Gasteiger partial charge in [0.2, 0.25) is 17.7 Å². The first kappa shape index (κ1) is 25.8. The zero-order chi connectivity index (χ0) is 24.9. The van der Waals surface area contributed by atoms with Gasteiger partial charge in [0.15, 0.2) is 0 Å². The molecular formula is C26H33N3O4S. The summed E-state index contributed by atoms with van der Waals surface area (Å²) in [5, 5.41) is 12.1. The van der Waals surface area contributed by atoms with E-state index in [2.05, 4.69) is 24.6 Å². The average molecular weight is 484 g/mol. The lowest BCUT2D eigenvalue weighted by molar-refractivity contribution is -0.152. The second-order valence-electron chi connectivity index (χ2n) is 9.21. The number of nitrogens with zero attached hydrogens (tertiary/aromatic N) is 1. The van der Waals surface area contributed by atoms with Crippen molar-refractivity contribution in [1.82, 2.24) is 10.2 Å². The Labute approximate surface area is 205 Å². The van der Waals surface area contributed by atoms with Crippen LogP contribution in [0.5, 0.6) is 0 Å². The summed E-state index contributed by atoms with van der Waals surface area (Å²) in [5.41, 5.74) is 4.27. The van der Waals surface area contributed by atoms with Gasteiger partial charge < -0.3 is 5.32 Å². The van der Waals surface area contributed by atoms with Gasteiger partial charge in [-0.05, 0) is 54.7 Å². The van der Waals surface area contributed by atoms with Crippen LogP contribution in [-0.2, 0) is 27.2 Å². The van der Waals surface area contributed by atoms with Crippen molar-refractivity contribution in [3.63, 3.8) is 0 Å². The summed E-state index contributed by atoms with van der Waals surface area (Å²) in [6, 6.07) is 13.4. The predicted molar refractivity (Wildman–Crippen MR) is 134 cm³/mol. The molecule has 0 spiro atoms. The lowest BCUT2D eigenvalue weighted by Crippen LogP contribution is -2.63. The lowest BCUT2D eigenvalue weighted by atomic mass is 9.85. The largest absolute Gasteiger partial charge is 0.357 e. The molecule has 8 heteroatoms. The molecule has 3 amide bonds. The zero-order valence-corrected chi connectivity index (χ0v) is 21.0. The number of likely N-dealkylation sites (tertiary alicyclic amines) is 1. The molecule has 0 aliphatic carbocycles. The van der Waals surface area contributed by atoms with Gasteiger partial charge in [-0.2, -0.15) is 0 Å². The highest BCUT2D eigenvalue weighted by molar-refractivity contribution is 7.99. The third-order valence-electron chi connectivity index (χ3n) is 6.04. The second-order valence-corrected chi connectivity index (χ2v) is 10.3. The normalized spacial score (nSPS) is 15.5. The Kier molecular flexibility index (Phi) is 8.38. The van der Waals surface area contributed by atoms with Crippen LogP contribution in [0.15, 0.2) is 47.4 Å². The third-order valence-corrected chi connectivity index (χ3v) is 7.25. The van der Waals surface area contributed by atoms with Crippen LogP contribution in [0.1, 0.15) is 43.4 Å². The fraction of sp³-hybridized carbons (Fsp3) is 0.423. The number of benzene rings is 2. The molecule has 0 bridgehead atoms. The molecule has 1 aliphatic heterocycles. The lowest BCUT2D eigenvalue weighted by Gasteiger charge is -2.39. The van der Waals surface area contributed by atoms with Crippen molar-refractivity contribution >= 4 is 35.2 Å². The van der Waals surface area contributed by atoms with Gasteiger partial charge in [0.25, 0.3) is 0 Å². The minimum atomic E-state index is -1.38. The second kappa shape index (κ2) is 11.1. The highest BCUT2D eigenvalue weighted by atomic mass is 32.2. The maximum Gasteiger partial charge on any atom is 0.247 e. The fourth-order valence-electron chi connectivity index (χ4n) is 4.45. The minimum Gasteiger partial charge on any atom is -0.357 e. The van der Waals surface area contributed by atoms with E-state index in [1.807, 2.05) is 43.3 Å². The summed E-state index contributed by atoms with van der Waals surface area (Å²) in [6.07, 6.45) is 1.14. The highest BCUT2D eigenvalue weighted by Gasteiger charge is 2.51. The van der Waals surface area contributed by atoms with Gasteiger partial charge >= 0.3 is 0 Å². The van der Waals surface area contributed by atoms with Crippen LogP contribution in [0.2, 0.25) is 0 Å². The van der Waals surface area contributed by atoms with Crippen molar-refractivity contribution < 1.29 is 19.6 Å². The van der Waals surface area contributed by atoms with E-state index in [9.17, 15) is 19.6 Å². The molecule has 0 saturated carbocycles. The quantitative estimate of drug-likeness (QED) is 0.269. The van der Waals surface area contributed by atoms with E-state index in [1.54, 1.807) is 6.07 Å². The van der Waals surface area contributed by atoms with E-state index in [0.29, 0.717) is 11.6 Å². The summed E-state index contributed by atoms with van der Waals surface area (Å²) in [4.78, 5) is 41.6. The molecule has 2 aromatic carbocycles. The number of amides is 3. The van der Waals surface area contributed by atoms with Crippen molar-refractivity contribution in [2.24, 2.45) is 5.92 Å². The Balaban J connectivity index is 2.11. The molecule has 3 rings (SSSR count). The van der Waals surface area contributed by atoms with Crippen molar-refractivity contribution in [2.75, 3.05) is 18.3 Å². The molecule has 0 radical (unpaired) electrons. The Morgan fingerprint density at radius 1 is 1.12 bits per heavy atom. The van der Waals surface area contributed by atoms with Gasteiger partial charge in [0.1, 0.15) is 5.54 Å². The van der Waals surface area contributed by atoms with Crippen molar-refractivity contribution in [2.45, 2.75) is 56.9 Å². The maximum absolute atomic E-state index is 13.5. The maximum atomic E-state index is 13.5. The van der Waals surface area contributed by atoms with Gasteiger partial charge in [0.05, 0.1) is 5.69 Å². The van der Waals surface area contributed by atoms with E-state index >= 15 is 0 Å². The minimum absolute atomic E-state index is 0.110. The number of carbonyl (C=O) groups is 3. The number of rotatable bonds is 10. The van der Waals surface area contributed by atoms with E-state index < -0.39 is 5.54 Å². The van der Waals surface area contributed by atoms with Crippen LogP contribution in [0.25, 0.3) is 0 Å². The molecule has 1 saturated heterocycles. The van der Waals surface area contributed by atoms with Crippen LogP contribution in [0.4, 0.5) is 5.69 Å². The molecule has 3 N–H and O–H groups in total. The Morgan fingerprint density at radius 2 is 1.82 bits per heavy atom. The molecule has 1 aliphatic rings. The topological polar surface area (TPSA) is 98.7 Å². The molecule has 1 atom stereocenters. The summed E-state index contributed by atoms with van der Waals surface area (Å²) in [6.45, 7) is 6.18. The number of aryl methyl sites for hydroxylation is 1. The number of anilines is 1. The monoisotopic (exact) mass is 483 g/mol. The highest BCUT2D eigenvalue weighted by Crippen LogP contribution is 2.35. The van der Waals surface area contributed by atoms with E-state index in [0.717, 1.165) is 28.0 Å². The number of carbonyl (C=O) groups excluding carboxylic acids is 3. The van der Waals surface area contributed by atoms with Gasteiger partial charge in [-0.3, -0.25) is 30.0 Å². The number of imide groups is 1. The average Bonchev–Trinajstić information content (AvgIpc) is 3.15. The van der Waals surface area contributed by atoms with Crippen LogP contribution in [0.3, 0.4) is 0 Å². The molecular weight excluding hydrogens is 450 g/mol. The molecule has 7 nitrogen and oxygen atoms in total. The molecule has 0 unspecified atom stereocenters. The Bertz CT molecular complexity index is 1060. The predicted octanol–water partition coefficient (Wildman–Crippen LogP) is 3.96. The third kappa shape index (κ3) is 5.62. The van der Waals surface area contributed by atoms with E-state index in [4.69, 9.17) is 0 Å². The standard InChI is InChI=1S/C26H33N3O4S/c1-17(2)12-20-14-21(28-33)9-8-19(20)15-26(25(32)27-4,29-23(30)10-11-24(29)31)16-34-22-7-5-6-18(3)13-22/h5-9,13-14,17,28,33H,10-12,15-16H2,1-4H3,(H,27,32)/t26-/m1/s1. The number of thioether (sulfide) groups is 1. The van der Waals surface area contributed by atoms with Gasteiger partial charge in [-0.25, -0.2) is 0 Å². The Hall–Kier alpha value is -2.84. The van der Waals surface area contributed by atoms with Crippen molar-refractivity contribution in [3.05, 3.63) is 59.2 Å². The van der Waals surface area contributed by atoms with Crippen molar-refractivity contribution in [1.29, 1.82) is 0 Å². The fourth-order valence-corrected chi connectivity index (χ4v) is 5.66. The Morgan fingerprint density at radius 3 is 2.41 bits per heavy atom. The van der Waals surface area contributed by atoms with Crippen molar-refractivity contribution in [3.8, 4) is 0 Å². The summed E-state index contributed by atoms with van der Waals surface area (Å²) in [7, 11) is 1.53. The summed E-state index contributed by atoms with van der Waals surface area (Å²) in [5.74, 6) is -0.445. The van der Waals surface area contributed by atoms with Crippen LogP contribution in [0, 0.1) is 12.8 Å². The molecule has 1 fully saturated rings. The zero-order valence-electron chi connectivity index (χ0n) is 20.2. The number of likely N-dealkylation sites (N-methyl/N-ethyl adjacent to an activating group) is 1. The van der Waals surface area contributed by atoms with Crippen LogP contribution < -0.4 is 10.8 Å². The molecule has 1 heterocycles. The van der Waals surface area contributed by atoms with Gasteiger partial charge in [-0.1, -0.05) is 37.6 Å². The summed E-state index contributed by atoms with van der Waals surface area (Å²) >= 11 is 1.46. The van der Waals surface area contributed by atoms with E-state index in [-0.39, 0.29) is 42.7 Å². The van der Waals surface area contributed by atoms with Crippen LogP contribution in [-0.4, -0.2) is 46.2 Å². The van der Waals surface area contributed by atoms with Gasteiger partial charge in [0, 0.05) is 37.0 Å². The number of hydrogen-bond acceptors (Lipinski definition) is 6. The van der Waals surface area contributed by atoms with Crippen LogP contribution >= 0.6 is 11.8 Å². The molecule has 34 heavy (non-hydrogen) atoms. The van der Waals surface area contributed by atoms with E-state index in [1.165, 1.54) is 23.7 Å². The smallest absolute Gasteiger partial charge is 0.247 e. The number of nitrogens with one attached hydrogen (secondary N) is 2. The number of hydrogen-bond donors (Lipinski definition) is 3. The van der Waals surface area contributed by atoms with Gasteiger partial charge in [-0.15, -0.1) is 11.8 Å². The first-order valence-electron chi connectivity index (χ1n) is 11.5. The first-order chi connectivity index (χ1) is 16.2. The summed E-state index contributed by atoms with van der Waals surface area (Å²) < 4.78 is 0. The molecule has 2 aromatic rings.